The van der Waals surface area contributed by atoms with Crippen LogP contribution in [0.5, 0.6) is 23.0 Å². The van der Waals surface area contributed by atoms with Crippen LogP contribution in [0.4, 0.5) is 0 Å². The number of methoxy groups -OCH3 is 2. The molecule has 0 radical (unpaired) electrons. The van der Waals surface area contributed by atoms with Gasteiger partial charge in [-0.1, -0.05) is 36.4 Å². The summed E-state index contributed by atoms with van der Waals surface area (Å²) in [5.41, 5.74) is 1.59. The third-order valence-electron chi connectivity index (χ3n) is 3.38. The molecule has 0 saturated carbocycles. The van der Waals surface area contributed by atoms with Crippen LogP contribution in [0.2, 0.25) is 0 Å². The lowest BCUT2D eigenvalue weighted by atomic mass is 10.1. The van der Waals surface area contributed by atoms with Crippen LogP contribution in [0, 0.1) is 0 Å². The number of ether oxygens (including phenoxy) is 2. The summed E-state index contributed by atoms with van der Waals surface area (Å²) in [5, 5.41) is 29.1. The first kappa shape index (κ1) is 17.4. The molecule has 0 unspecified atom stereocenters. The van der Waals surface area contributed by atoms with E-state index >= 15 is 0 Å². The highest BCUT2D eigenvalue weighted by atomic mass is 16.5. The van der Waals surface area contributed by atoms with E-state index in [1.807, 2.05) is 0 Å². The van der Waals surface area contributed by atoms with Gasteiger partial charge in [-0.05, 0) is 35.4 Å². The van der Waals surface area contributed by atoms with E-state index in [4.69, 9.17) is 9.47 Å². The molecule has 5 heteroatoms. The van der Waals surface area contributed by atoms with Gasteiger partial charge >= 0.3 is 0 Å². The zero-order chi connectivity index (χ0) is 17.5. The Bertz CT molecular complexity index is 686. The highest BCUT2D eigenvalue weighted by molar-refractivity contribution is 5.58. The van der Waals surface area contributed by atoms with Gasteiger partial charge in [0, 0.05) is 0 Å². The fourth-order valence-corrected chi connectivity index (χ4v) is 2.08. The average Bonchev–Trinajstić information content (AvgIpc) is 2.60. The molecule has 5 nitrogen and oxygen atoms in total. The number of phenols is 2. The van der Waals surface area contributed by atoms with Crippen LogP contribution in [-0.2, 0) is 0 Å². The number of aromatic hydroxyl groups is 2. The van der Waals surface area contributed by atoms with Gasteiger partial charge in [0.05, 0.1) is 20.3 Å². The lowest BCUT2D eigenvalue weighted by molar-refractivity contribution is 0.273. The Labute approximate surface area is 140 Å². The van der Waals surface area contributed by atoms with Crippen molar-refractivity contribution in [1.82, 2.24) is 0 Å². The van der Waals surface area contributed by atoms with E-state index in [0.29, 0.717) is 11.5 Å². The third kappa shape index (κ3) is 4.54. The molecule has 0 fully saturated rings. The van der Waals surface area contributed by atoms with Gasteiger partial charge in [0.25, 0.3) is 0 Å². The normalized spacial score (nSPS) is 11.5. The number of hydrogen-bond acceptors (Lipinski definition) is 5. The quantitative estimate of drug-likeness (QED) is 0.759. The number of hydrogen-bond donors (Lipinski definition) is 3. The first-order valence-corrected chi connectivity index (χ1v) is 7.32. The SMILES string of the molecule is COc1cc(/C=C/C(O)/C=C/c2ccc(O)c(OC)c2)ccc1O. The van der Waals surface area contributed by atoms with E-state index in [9.17, 15) is 15.3 Å². The van der Waals surface area contributed by atoms with Crippen LogP contribution < -0.4 is 9.47 Å². The summed E-state index contributed by atoms with van der Waals surface area (Å²) in [4.78, 5) is 0. The van der Waals surface area contributed by atoms with E-state index in [-0.39, 0.29) is 11.5 Å². The smallest absolute Gasteiger partial charge is 0.161 e. The molecule has 0 aliphatic heterocycles. The fourth-order valence-electron chi connectivity index (χ4n) is 2.08. The molecule has 2 aromatic carbocycles. The molecule has 24 heavy (non-hydrogen) atoms. The van der Waals surface area contributed by atoms with E-state index in [2.05, 4.69) is 0 Å². The highest BCUT2D eigenvalue weighted by Gasteiger charge is 2.02. The van der Waals surface area contributed by atoms with Crippen molar-refractivity contribution in [2.75, 3.05) is 14.2 Å². The second kappa shape index (κ2) is 8.08. The molecule has 0 atom stereocenters. The molecule has 2 rings (SSSR count). The van der Waals surface area contributed by atoms with E-state index in [1.165, 1.54) is 26.4 Å². The molecular weight excluding hydrogens is 308 g/mol. The highest BCUT2D eigenvalue weighted by Crippen LogP contribution is 2.27. The maximum atomic E-state index is 10.00. The topological polar surface area (TPSA) is 79.2 Å². The Balaban J connectivity index is 2.05. The summed E-state index contributed by atoms with van der Waals surface area (Å²) in [5.74, 6) is 0.879. The van der Waals surface area contributed by atoms with Crippen LogP contribution in [0.3, 0.4) is 0 Å². The van der Waals surface area contributed by atoms with Crippen molar-refractivity contribution >= 4 is 12.2 Å². The van der Waals surface area contributed by atoms with Crippen LogP contribution in [0.25, 0.3) is 12.2 Å². The number of phenolic OH excluding ortho intramolecular Hbond substituents is 2. The van der Waals surface area contributed by atoms with Gasteiger partial charge < -0.3 is 24.8 Å². The van der Waals surface area contributed by atoms with Crippen LogP contribution >= 0.6 is 0 Å². The fraction of sp³-hybridized carbons (Fsp3) is 0.158. The summed E-state index contributed by atoms with van der Waals surface area (Å²) in [6, 6.07) is 9.85. The molecule has 0 amide bonds. The van der Waals surface area contributed by atoms with Gasteiger partial charge in [-0.25, -0.2) is 0 Å². The van der Waals surface area contributed by atoms with Crippen molar-refractivity contribution in [1.29, 1.82) is 0 Å². The Hall–Kier alpha value is -2.92. The minimum atomic E-state index is -0.787. The zero-order valence-electron chi connectivity index (χ0n) is 13.5. The van der Waals surface area contributed by atoms with Crippen molar-refractivity contribution in [3.05, 3.63) is 59.7 Å². The molecule has 0 aliphatic carbocycles. The largest absolute Gasteiger partial charge is 0.504 e. The van der Waals surface area contributed by atoms with Crippen LogP contribution in [0.1, 0.15) is 11.1 Å². The molecule has 0 aromatic heterocycles. The zero-order valence-corrected chi connectivity index (χ0v) is 13.5. The molecule has 3 N–H and O–H groups in total. The van der Waals surface area contributed by atoms with Crippen molar-refractivity contribution in [3.8, 4) is 23.0 Å². The molecule has 0 heterocycles. The predicted molar refractivity (Wildman–Crippen MR) is 93.4 cm³/mol. The maximum Gasteiger partial charge on any atom is 0.161 e. The second-order valence-corrected chi connectivity index (χ2v) is 5.07. The van der Waals surface area contributed by atoms with E-state index in [0.717, 1.165) is 11.1 Å². The first-order chi connectivity index (χ1) is 11.5. The lowest BCUT2D eigenvalue weighted by Gasteiger charge is -2.05. The molecule has 0 aliphatic rings. The van der Waals surface area contributed by atoms with Crippen molar-refractivity contribution < 1.29 is 24.8 Å². The van der Waals surface area contributed by atoms with E-state index in [1.54, 1.807) is 48.6 Å². The maximum absolute atomic E-state index is 10.00. The Morgan fingerprint density at radius 3 is 1.58 bits per heavy atom. The van der Waals surface area contributed by atoms with Gasteiger partial charge in [-0.3, -0.25) is 0 Å². The monoisotopic (exact) mass is 328 g/mol. The Kier molecular flexibility index (Phi) is 5.87. The summed E-state index contributed by atoms with van der Waals surface area (Å²) in [6.45, 7) is 0. The number of rotatable bonds is 6. The van der Waals surface area contributed by atoms with Gasteiger partial charge in [0.1, 0.15) is 0 Å². The van der Waals surface area contributed by atoms with E-state index < -0.39 is 6.10 Å². The number of benzene rings is 2. The number of aliphatic hydroxyl groups is 1. The molecule has 126 valence electrons. The minimum absolute atomic E-state index is 0.0661. The van der Waals surface area contributed by atoms with Crippen molar-refractivity contribution in [2.24, 2.45) is 0 Å². The Morgan fingerprint density at radius 1 is 0.792 bits per heavy atom. The summed E-state index contributed by atoms with van der Waals surface area (Å²) in [6.07, 6.45) is 5.90. The number of aliphatic hydroxyl groups excluding tert-OH is 1. The summed E-state index contributed by atoms with van der Waals surface area (Å²) >= 11 is 0. The minimum Gasteiger partial charge on any atom is -0.504 e. The van der Waals surface area contributed by atoms with Crippen molar-refractivity contribution in [2.45, 2.75) is 6.10 Å². The molecule has 0 saturated heterocycles. The van der Waals surface area contributed by atoms with Gasteiger partial charge in [-0.2, -0.15) is 0 Å². The summed E-state index contributed by atoms with van der Waals surface area (Å²) in [7, 11) is 2.96. The molecule has 0 bridgehead atoms. The molecule has 2 aromatic rings. The van der Waals surface area contributed by atoms with Gasteiger partial charge in [0.15, 0.2) is 23.0 Å². The average molecular weight is 328 g/mol. The van der Waals surface area contributed by atoms with Gasteiger partial charge in [-0.15, -0.1) is 0 Å². The van der Waals surface area contributed by atoms with Crippen LogP contribution in [0.15, 0.2) is 48.6 Å². The predicted octanol–water partition coefficient (Wildman–Crippen LogP) is 3.20. The third-order valence-corrected chi connectivity index (χ3v) is 3.38. The lowest BCUT2D eigenvalue weighted by Crippen LogP contribution is -1.95. The standard InChI is InChI=1S/C19H20O5/c1-23-18-11-13(5-9-16(18)21)3-7-15(20)8-4-14-6-10-17(22)19(12-14)24-2/h3-12,15,20-22H,1-2H3/b7-3+,8-4+. The second-order valence-electron chi connectivity index (χ2n) is 5.07. The molecule has 0 spiro atoms. The van der Waals surface area contributed by atoms with Gasteiger partial charge in [0.2, 0.25) is 0 Å². The van der Waals surface area contributed by atoms with Crippen LogP contribution in [-0.4, -0.2) is 35.6 Å². The first-order valence-electron chi connectivity index (χ1n) is 7.32. The summed E-state index contributed by atoms with van der Waals surface area (Å²) < 4.78 is 10.1. The Morgan fingerprint density at radius 2 is 1.21 bits per heavy atom. The van der Waals surface area contributed by atoms with Crippen molar-refractivity contribution in [3.63, 3.8) is 0 Å². The molecular formula is C19H20O5.